The molecule has 5 nitrogen and oxygen atoms in total. The van der Waals surface area contributed by atoms with E-state index in [0.29, 0.717) is 0 Å². The molecule has 0 aromatic carbocycles. The average molecular weight is 303 g/mol. The molecule has 0 amide bonds. The van der Waals surface area contributed by atoms with Gasteiger partial charge in [0, 0.05) is 24.2 Å². The van der Waals surface area contributed by atoms with Crippen LogP contribution in [-0.4, -0.2) is 29.6 Å². The van der Waals surface area contributed by atoms with E-state index in [1.807, 2.05) is 0 Å². The summed E-state index contributed by atoms with van der Waals surface area (Å²) < 4.78 is 59.8. The van der Waals surface area contributed by atoms with Gasteiger partial charge in [0.05, 0.1) is 5.69 Å². The van der Waals surface area contributed by atoms with Crippen LogP contribution >= 0.6 is 0 Å². The topological polar surface area (TPSA) is 72.8 Å². The van der Waals surface area contributed by atoms with Crippen molar-refractivity contribution in [1.29, 1.82) is 0 Å². The molecule has 0 aliphatic heterocycles. The minimum atomic E-state index is -4.53. The van der Waals surface area contributed by atoms with Crippen molar-refractivity contribution in [2.45, 2.75) is 11.3 Å². The number of halogens is 3. The molecule has 0 aliphatic rings. The molecule has 106 valence electrons. The van der Waals surface area contributed by atoms with Crippen molar-refractivity contribution in [3.05, 3.63) is 36.3 Å². The van der Waals surface area contributed by atoms with Crippen LogP contribution in [0, 0.1) is 0 Å². The Morgan fingerprint density at radius 3 is 2.30 bits per heavy atom. The molecule has 9 heteroatoms. The van der Waals surface area contributed by atoms with Crippen LogP contribution in [0.2, 0.25) is 0 Å². The molecule has 2 aromatic rings. The van der Waals surface area contributed by atoms with Gasteiger partial charge in [-0.25, -0.2) is 18.4 Å². The summed E-state index contributed by atoms with van der Waals surface area (Å²) in [5.74, 6) is 0. The fraction of sp³-hybridized carbons (Fsp3) is 0.182. The first kappa shape index (κ1) is 14.4. The smallest absolute Gasteiger partial charge is 0.251 e. The Kier molecular flexibility index (Phi) is 3.46. The van der Waals surface area contributed by atoms with E-state index in [-0.39, 0.29) is 11.3 Å². The van der Waals surface area contributed by atoms with Gasteiger partial charge in [0.1, 0.15) is 5.69 Å². The van der Waals surface area contributed by atoms with Crippen LogP contribution < -0.4 is 0 Å². The highest BCUT2D eigenvalue weighted by molar-refractivity contribution is 7.90. The maximum absolute atomic E-state index is 12.4. The van der Waals surface area contributed by atoms with Crippen LogP contribution in [-0.2, 0) is 16.0 Å². The van der Waals surface area contributed by atoms with Crippen LogP contribution in [0.5, 0.6) is 0 Å². The van der Waals surface area contributed by atoms with Crippen molar-refractivity contribution < 1.29 is 21.6 Å². The molecule has 20 heavy (non-hydrogen) atoms. The molecule has 2 aromatic heterocycles. The van der Waals surface area contributed by atoms with Crippen molar-refractivity contribution in [2.24, 2.45) is 0 Å². The number of hydrogen-bond donors (Lipinski definition) is 0. The quantitative estimate of drug-likeness (QED) is 0.793. The summed E-state index contributed by atoms with van der Waals surface area (Å²) >= 11 is 0. The van der Waals surface area contributed by atoms with Crippen LogP contribution in [0.15, 0.2) is 35.7 Å². The molecule has 0 unspecified atom stereocenters. The number of rotatable bonds is 2. The maximum atomic E-state index is 12.4. The zero-order chi connectivity index (χ0) is 15.0. The van der Waals surface area contributed by atoms with E-state index in [0.717, 1.165) is 18.5 Å². The SMILES string of the molecule is CS(=O)(=O)c1nccc(-c2ccc(C(F)(F)F)nc2)n1. The predicted molar refractivity (Wildman–Crippen MR) is 63.4 cm³/mol. The van der Waals surface area contributed by atoms with E-state index in [4.69, 9.17) is 0 Å². The van der Waals surface area contributed by atoms with E-state index in [9.17, 15) is 21.6 Å². The minimum absolute atomic E-state index is 0.182. The molecule has 0 fully saturated rings. The Morgan fingerprint density at radius 2 is 1.80 bits per heavy atom. The Balaban J connectivity index is 2.43. The van der Waals surface area contributed by atoms with E-state index >= 15 is 0 Å². The molecule has 0 bridgehead atoms. The number of aromatic nitrogens is 3. The average Bonchev–Trinajstić information content (AvgIpc) is 2.37. The van der Waals surface area contributed by atoms with Crippen LogP contribution in [0.1, 0.15) is 5.69 Å². The second-order valence-corrected chi connectivity index (χ2v) is 5.84. The van der Waals surface area contributed by atoms with Gasteiger partial charge >= 0.3 is 6.18 Å². The molecule has 0 saturated heterocycles. The number of sulfone groups is 1. The minimum Gasteiger partial charge on any atom is -0.251 e. The molecule has 0 aliphatic carbocycles. The Bertz CT molecular complexity index is 727. The van der Waals surface area contributed by atoms with Crippen molar-refractivity contribution in [3.8, 4) is 11.3 Å². The standard InChI is InChI=1S/C11H8F3N3O2S/c1-20(18,19)10-15-5-4-8(17-10)7-2-3-9(16-6-7)11(12,13)14/h2-6H,1H3. The zero-order valence-electron chi connectivity index (χ0n) is 10.1. The van der Waals surface area contributed by atoms with E-state index in [2.05, 4.69) is 15.0 Å². The first-order valence-corrected chi connectivity index (χ1v) is 7.14. The van der Waals surface area contributed by atoms with Gasteiger partial charge in [-0.15, -0.1) is 0 Å². The van der Waals surface area contributed by atoms with Crippen LogP contribution in [0.25, 0.3) is 11.3 Å². The fourth-order valence-electron chi connectivity index (χ4n) is 1.39. The largest absolute Gasteiger partial charge is 0.433 e. The lowest BCUT2D eigenvalue weighted by molar-refractivity contribution is -0.141. The number of hydrogen-bond acceptors (Lipinski definition) is 5. The summed E-state index contributed by atoms with van der Waals surface area (Å²) in [6.45, 7) is 0. The van der Waals surface area contributed by atoms with E-state index in [1.54, 1.807) is 0 Å². The van der Waals surface area contributed by atoms with E-state index < -0.39 is 26.9 Å². The number of alkyl halides is 3. The zero-order valence-corrected chi connectivity index (χ0v) is 10.9. The van der Waals surface area contributed by atoms with Crippen molar-refractivity contribution in [3.63, 3.8) is 0 Å². The molecular weight excluding hydrogens is 295 g/mol. The van der Waals surface area contributed by atoms with Crippen LogP contribution in [0.3, 0.4) is 0 Å². The molecule has 0 N–H and O–H groups in total. The van der Waals surface area contributed by atoms with Gasteiger partial charge in [0.25, 0.3) is 0 Å². The second kappa shape index (κ2) is 4.82. The van der Waals surface area contributed by atoms with Gasteiger partial charge in [-0.2, -0.15) is 13.2 Å². The summed E-state index contributed by atoms with van der Waals surface area (Å²) in [7, 11) is -3.59. The van der Waals surface area contributed by atoms with Gasteiger partial charge in [-0.05, 0) is 18.2 Å². The predicted octanol–water partition coefficient (Wildman–Crippen LogP) is 1.96. The van der Waals surface area contributed by atoms with E-state index in [1.165, 1.54) is 18.3 Å². The summed E-state index contributed by atoms with van der Waals surface area (Å²) in [5, 5.41) is -0.394. The lowest BCUT2D eigenvalue weighted by atomic mass is 10.2. The highest BCUT2D eigenvalue weighted by Gasteiger charge is 2.32. The third-order valence-corrected chi connectivity index (χ3v) is 3.17. The second-order valence-electron chi connectivity index (χ2n) is 3.93. The van der Waals surface area contributed by atoms with Gasteiger partial charge in [-0.3, -0.25) is 4.98 Å². The monoisotopic (exact) mass is 303 g/mol. The first-order chi connectivity index (χ1) is 9.18. The van der Waals surface area contributed by atoms with Gasteiger partial charge in [0.15, 0.2) is 0 Å². The fourth-order valence-corrected chi connectivity index (χ4v) is 1.91. The highest BCUT2D eigenvalue weighted by atomic mass is 32.2. The van der Waals surface area contributed by atoms with Gasteiger partial charge in [-0.1, -0.05) is 0 Å². The number of pyridine rings is 1. The molecule has 0 radical (unpaired) electrons. The summed E-state index contributed by atoms with van der Waals surface area (Å²) in [5.41, 5.74) is -0.578. The normalized spacial score (nSPS) is 12.4. The van der Waals surface area contributed by atoms with Crippen molar-refractivity contribution in [1.82, 2.24) is 15.0 Å². The summed E-state index contributed by atoms with van der Waals surface area (Å²) in [6.07, 6.45) is -1.38. The maximum Gasteiger partial charge on any atom is 0.433 e. The summed E-state index contributed by atoms with van der Waals surface area (Å²) in [4.78, 5) is 10.7. The third kappa shape index (κ3) is 3.10. The lowest BCUT2D eigenvalue weighted by Gasteiger charge is -2.06. The molecule has 2 heterocycles. The molecule has 0 atom stereocenters. The Hall–Kier alpha value is -2.03. The third-order valence-electron chi connectivity index (χ3n) is 2.31. The molecular formula is C11H8F3N3O2S. The molecule has 2 rings (SSSR count). The van der Waals surface area contributed by atoms with Crippen molar-refractivity contribution >= 4 is 9.84 Å². The lowest BCUT2D eigenvalue weighted by Crippen LogP contribution is -2.07. The first-order valence-electron chi connectivity index (χ1n) is 5.24. The Labute approximate surface area is 112 Å². The van der Waals surface area contributed by atoms with Crippen LogP contribution in [0.4, 0.5) is 13.2 Å². The molecule has 0 spiro atoms. The molecule has 0 saturated carbocycles. The number of nitrogens with zero attached hydrogens (tertiary/aromatic N) is 3. The summed E-state index contributed by atoms with van der Waals surface area (Å²) in [6, 6.07) is 3.36. The van der Waals surface area contributed by atoms with Gasteiger partial charge in [0.2, 0.25) is 15.0 Å². The van der Waals surface area contributed by atoms with Gasteiger partial charge < -0.3 is 0 Å². The van der Waals surface area contributed by atoms with Crippen molar-refractivity contribution in [2.75, 3.05) is 6.26 Å². The Morgan fingerprint density at radius 1 is 1.10 bits per heavy atom. The highest BCUT2D eigenvalue weighted by Crippen LogP contribution is 2.28.